The van der Waals surface area contributed by atoms with Gasteiger partial charge in [0.15, 0.2) is 0 Å². The fraction of sp³-hybridized carbons (Fsp3) is 0.143. The molecule has 30 heavy (non-hydrogen) atoms. The van der Waals surface area contributed by atoms with Crippen molar-refractivity contribution in [1.29, 1.82) is 0 Å². The van der Waals surface area contributed by atoms with Crippen molar-refractivity contribution in [2.24, 2.45) is 5.10 Å². The number of halogens is 1. The van der Waals surface area contributed by atoms with Gasteiger partial charge in [-0.3, -0.25) is 9.10 Å². The molecular formula is C21H20BrN3O4S. The summed E-state index contributed by atoms with van der Waals surface area (Å²) in [5.41, 5.74) is 3.46. The molecule has 0 unspecified atom stereocenters. The summed E-state index contributed by atoms with van der Waals surface area (Å²) in [6.07, 6.45) is 2.50. The van der Waals surface area contributed by atoms with Gasteiger partial charge in [-0.1, -0.05) is 52.3 Å². The molecule has 1 amide bonds. The Morgan fingerprint density at radius 3 is 2.63 bits per heavy atom. The van der Waals surface area contributed by atoms with E-state index in [1.165, 1.54) is 13.3 Å². The first-order valence-electron chi connectivity index (χ1n) is 8.90. The summed E-state index contributed by atoms with van der Waals surface area (Å²) >= 11 is 3.37. The van der Waals surface area contributed by atoms with Crippen molar-refractivity contribution in [3.05, 3.63) is 70.7 Å². The van der Waals surface area contributed by atoms with Gasteiger partial charge in [-0.2, -0.15) is 5.10 Å². The molecule has 0 fully saturated rings. The second-order valence-corrected chi connectivity index (χ2v) is 9.27. The minimum atomic E-state index is -3.70. The zero-order chi connectivity index (χ0) is 21.7. The summed E-state index contributed by atoms with van der Waals surface area (Å²) < 4.78 is 32.0. The summed E-state index contributed by atoms with van der Waals surface area (Å²) in [7, 11) is -2.17. The Balaban J connectivity index is 1.81. The Bertz CT molecular complexity index is 1210. The minimum absolute atomic E-state index is 0.403. The normalized spacial score (nSPS) is 11.6. The van der Waals surface area contributed by atoms with E-state index in [2.05, 4.69) is 26.5 Å². The van der Waals surface area contributed by atoms with Gasteiger partial charge in [-0.15, -0.1) is 0 Å². The number of fused-ring (bicyclic) bond motifs is 1. The summed E-state index contributed by atoms with van der Waals surface area (Å²) in [5.74, 6) is 0.0169. The van der Waals surface area contributed by atoms with E-state index in [1.54, 1.807) is 24.3 Å². The average Bonchev–Trinajstić information content (AvgIpc) is 2.71. The van der Waals surface area contributed by atoms with Gasteiger partial charge < -0.3 is 4.74 Å². The third kappa shape index (κ3) is 5.17. The van der Waals surface area contributed by atoms with Crippen LogP contribution in [0, 0.1) is 0 Å². The van der Waals surface area contributed by atoms with Crippen molar-refractivity contribution in [1.82, 2.24) is 5.43 Å². The molecule has 0 radical (unpaired) electrons. The molecule has 3 rings (SSSR count). The number of nitrogens with zero attached hydrogens (tertiary/aromatic N) is 2. The summed E-state index contributed by atoms with van der Waals surface area (Å²) in [4.78, 5) is 12.4. The molecule has 0 aliphatic carbocycles. The molecule has 156 valence electrons. The minimum Gasteiger partial charge on any atom is -0.496 e. The van der Waals surface area contributed by atoms with Gasteiger partial charge in [0.2, 0.25) is 10.0 Å². The molecule has 0 spiro atoms. The number of hydrogen-bond donors (Lipinski definition) is 1. The Hall–Kier alpha value is -2.91. The van der Waals surface area contributed by atoms with Gasteiger partial charge in [0.25, 0.3) is 5.91 Å². The Morgan fingerprint density at radius 2 is 1.90 bits per heavy atom. The first kappa shape index (κ1) is 21.8. The Kier molecular flexibility index (Phi) is 6.73. The number of carbonyl (C=O) groups is 1. The van der Waals surface area contributed by atoms with Crippen LogP contribution < -0.4 is 14.5 Å². The van der Waals surface area contributed by atoms with E-state index in [0.29, 0.717) is 17.0 Å². The maximum atomic E-state index is 12.4. The largest absolute Gasteiger partial charge is 0.496 e. The van der Waals surface area contributed by atoms with Crippen LogP contribution in [0.2, 0.25) is 0 Å². The van der Waals surface area contributed by atoms with Crippen LogP contribution in [-0.4, -0.2) is 40.4 Å². The van der Waals surface area contributed by atoms with Crippen LogP contribution >= 0.6 is 15.9 Å². The lowest BCUT2D eigenvalue weighted by Crippen LogP contribution is -2.39. The first-order chi connectivity index (χ1) is 14.3. The SMILES string of the molecule is COc1ccc(Br)cc1/C=N\NC(=O)CN(c1cccc2ccccc12)S(C)(=O)=O. The molecule has 7 nitrogen and oxygen atoms in total. The van der Waals surface area contributed by atoms with Crippen LogP contribution in [0.3, 0.4) is 0 Å². The van der Waals surface area contributed by atoms with Crippen LogP contribution in [0.5, 0.6) is 5.75 Å². The number of methoxy groups -OCH3 is 1. The van der Waals surface area contributed by atoms with E-state index in [1.807, 2.05) is 36.4 Å². The maximum absolute atomic E-state index is 12.4. The molecule has 9 heteroatoms. The first-order valence-corrected chi connectivity index (χ1v) is 11.5. The molecule has 3 aromatic carbocycles. The molecule has 0 heterocycles. The van der Waals surface area contributed by atoms with E-state index in [4.69, 9.17) is 4.74 Å². The van der Waals surface area contributed by atoms with Gasteiger partial charge in [0.05, 0.1) is 25.3 Å². The molecule has 1 N–H and O–H groups in total. The molecule has 3 aromatic rings. The van der Waals surface area contributed by atoms with Crippen molar-refractivity contribution in [2.75, 3.05) is 24.2 Å². The maximum Gasteiger partial charge on any atom is 0.260 e. The van der Waals surface area contributed by atoms with Gasteiger partial charge in [-0.05, 0) is 29.7 Å². The van der Waals surface area contributed by atoms with E-state index in [-0.39, 0.29) is 0 Å². The monoisotopic (exact) mass is 489 g/mol. The third-order valence-corrected chi connectivity index (χ3v) is 5.93. The average molecular weight is 490 g/mol. The number of carbonyl (C=O) groups excluding carboxylic acids is 1. The lowest BCUT2D eigenvalue weighted by atomic mass is 10.1. The van der Waals surface area contributed by atoms with Crippen molar-refractivity contribution < 1.29 is 17.9 Å². The van der Waals surface area contributed by atoms with E-state index < -0.39 is 22.5 Å². The fourth-order valence-corrected chi connectivity index (χ4v) is 4.20. The molecule has 0 aliphatic heterocycles. The number of anilines is 1. The van der Waals surface area contributed by atoms with Crippen LogP contribution in [0.1, 0.15) is 5.56 Å². The molecule has 0 atom stereocenters. The molecule has 0 aromatic heterocycles. The molecule has 0 saturated carbocycles. The fourth-order valence-electron chi connectivity index (χ4n) is 2.95. The predicted molar refractivity (Wildman–Crippen MR) is 123 cm³/mol. The van der Waals surface area contributed by atoms with Crippen LogP contribution in [-0.2, 0) is 14.8 Å². The number of benzene rings is 3. The smallest absolute Gasteiger partial charge is 0.260 e. The quantitative estimate of drug-likeness (QED) is 0.406. The molecular weight excluding hydrogens is 470 g/mol. The number of sulfonamides is 1. The summed E-state index contributed by atoms with van der Waals surface area (Å²) in [5, 5.41) is 5.55. The zero-order valence-electron chi connectivity index (χ0n) is 16.4. The number of hydrogen-bond acceptors (Lipinski definition) is 5. The van der Waals surface area contributed by atoms with E-state index in [0.717, 1.165) is 25.8 Å². The van der Waals surface area contributed by atoms with Crippen molar-refractivity contribution in [2.45, 2.75) is 0 Å². The second-order valence-electron chi connectivity index (χ2n) is 6.45. The van der Waals surface area contributed by atoms with Crippen LogP contribution in [0.25, 0.3) is 10.8 Å². The second kappa shape index (κ2) is 9.27. The Morgan fingerprint density at radius 1 is 1.17 bits per heavy atom. The van der Waals surface area contributed by atoms with Gasteiger partial charge >= 0.3 is 0 Å². The lowest BCUT2D eigenvalue weighted by molar-refractivity contribution is -0.119. The molecule has 0 aliphatic rings. The highest BCUT2D eigenvalue weighted by atomic mass is 79.9. The lowest BCUT2D eigenvalue weighted by Gasteiger charge is -2.23. The molecule has 0 bridgehead atoms. The number of rotatable bonds is 7. The third-order valence-electron chi connectivity index (χ3n) is 4.31. The summed E-state index contributed by atoms with van der Waals surface area (Å²) in [6, 6.07) is 18.1. The topological polar surface area (TPSA) is 88.1 Å². The van der Waals surface area contributed by atoms with Crippen LogP contribution in [0.15, 0.2) is 70.2 Å². The van der Waals surface area contributed by atoms with Gasteiger partial charge in [-0.25, -0.2) is 13.8 Å². The van der Waals surface area contributed by atoms with E-state index in [9.17, 15) is 13.2 Å². The highest BCUT2D eigenvalue weighted by molar-refractivity contribution is 9.10. The number of ether oxygens (including phenoxy) is 1. The number of nitrogens with one attached hydrogen (secondary N) is 1. The van der Waals surface area contributed by atoms with Crippen molar-refractivity contribution in [3.8, 4) is 5.75 Å². The predicted octanol–water partition coefficient (Wildman–Crippen LogP) is 3.53. The Labute approximate surface area is 183 Å². The van der Waals surface area contributed by atoms with Crippen molar-refractivity contribution in [3.63, 3.8) is 0 Å². The van der Waals surface area contributed by atoms with Gasteiger partial charge in [0.1, 0.15) is 12.3 Å². The van der Waals surface area contributed by atoms with E-state index >= 15 is 0 Å². The standard InChI is InChI=1S/C21H20BrN3O4S/c1-29-20-11-10-17(22)12-16(20)13-23-24-21(26)14-25(30(2,27)28)19-9-5-7-15-6-3-4-8-18(15)19/h3-13H,14H2,1-2H3,(H,24,26)/b23-13-. The van der Waals surface area contributed by atoms with Gasteiger partial charge in [0, 0.05) is 15.4 Å². The van der Waals surface area contributed by atoms with Crippen molar-refractivity contribution >= 4 is 54.5 Å². The zero-order valence-corrected chi connectivity index (χ0v) is 18.8. The number of amides is 1. The highest BCUT2D eigenvalue weighted by Gasteiger charge is 2.22. The molecule has 0 saturated heterocycles. The van der Waals surface area contributed by atoms with Crippen LogP contribution in [0.4, 0.5) is 5.69 Å². The highest BCUT2D eigenvalue weighted by Crippen LogP contribution is 2.28. The summed E-state index contributed by atoms with van der Waals surface area (Å²) in [6.45, 7) is -0.403. The number of hydrazone groups is 1.